The normalized spacial score (nSPS) is 15.2. The van der Waals surface area contributed by atoms with Gasteiger partial charge < -0.3 is 24.9 Å². The van der Waals surface area contributed by atoms with E-state index in [1.807, 2.05) is 21.1 Å². The lowest BCUT2D eigenvalue weighted by Crippen LogP contribution is -2.51. The van der Waals surface area contributed by atoms with Crippen molar-refractivity contribution >= 4 is 13.7 Å². The van der Waals surface area contributed by atoms with Gasteiger partial charge in [0.1, 0.15) is 19.3 Å². The number of quaternary nitrogens is 1. The molecule has 0 aliphatic carbocycles. The zero-order valence-corrected chi connectivity index (χ0v) is 50.7. The number of phosphoric acid groups is 1. The fraction of sp³-hybridized carbons (Fsp3) is 0.657. The van der Waals surface area contributed by atoms with E-state index in [9.17, 15) is 24.5 Å². The van der Waals surface area contributed by atoms with Crippen LogP contribution in [0.5, 0.6) is 0 Å². The summed E-state index contributed by atoms with van der Waals surface area (Å²) < 4.78 is 23.6. The zero-order chi connectivity index (χ0) is 56.4. The van der Waals surface area contributed by atoms with Gasteiger partial charge in [-0.15, -0.1) is 0 Å². The summed E-state index contributed by atoms with van der Waals surface area (Å²) >= 11 is 0. The zero-order valence-electron chi connectivity index (χ0n) is 49.8. The first-order chi connectivity index (χ1) is 37.4. The predicted molar refractivity (Wildman–Crippen MR) is 333 cm³/mol. The van der Waals surface area contributed by atoms with Crippen LogP contribution in [-0.4, -0.2) is 84.6 Å². The number of carbonyl (C=O) groups is 1. The third kappa shape index (κ3) is 57.1. The molecule has 4 unspecified atom stereocenters. The Morgan fingerprint density at radius 2 is 0.805 bits per heavy atom. The number of allylic oxidation sites excluding steroid dienone is 22. The number of hydrogen-bond donors (Lipinski definition) is 4. The number of nitrogens with zero attached hydrogens (tertiary/aromatic N) is 1. The van der Waals surface area contributed by atoms with Crippen LogP contribution in [0.1, 0.15) is 226 Å². The highest BCUT2D eigenvalue weighted by atomic mass is 31.2. The van der Waals surface area contributed by atoms with Gasteiger partial charge in [-0.3, -0.25) is 13.8 Å². The third-order valence-electron chi connectivity index (χ3n) is 13.0. The lowest BCUT2D eigenvalue weighted by atomic mass is 10.0. The molecule has 0 bridgehead atoms. The second-order valence-electron chi connectivity index (χ2n) is 21.5. The van der Waals surface area contributed by atoms with Crippen molar-refractivity contribution < 1.29 is 38.0 Å². The number of rotatable bonds is 54. The van der Waals surface area contributed by atoms with Crippen molar-refractivity contribution in [3.63, 3.8) is 0 Å². The number of likely N-dealkylation sites (N-methyl/N-ethyl adjacent to an activating group) is 1. The summed E-state index contributed by atoms with van der Waals surface area (Å²) in [6.45, 7) is 4.44. The highest BCUT2D eigenvalue weighted by Crippen LogP contribution is 2.43. The largest absolute Gasteiger partial charge is 0.472 e. The maximum absolute atomic E-state index is 13.0. The molecular formula is C67H116N2O7P+. The van der Waals surface area contributed by atoms with E-state index in [1.165, 1.54) is 83.5 Å². The van der Waals surface area contributed by atoms with Gasteiger partial charge in [-0.1, -0.05) is 237 Å². The van der Waals surface area contributed by atoms with Crippen molar-refractivity contribution in [1.82, 2.24) is 5.32 Å². The fourth-order valence-electron chi connectivity index (χ4n) is 8.17. The van der Waals surface area contributed by atoms with Crippen LogP contribution in [0.2, 0.25) is 0 Å². The molecule has 1 amide bonds. The second-order valence-corrected chi connectivity index (χ2v) is 22.9. The molecule has 10 heteroatoms. The number of phosphoric ester groups is 1. The maximum atomic E-state index is 13.0. The number of hydrogen-bond acceptors (Lipinski definition) is 6. The molecule has 0 aromatic rings. The molecule has 0 radical (unpaired) electrons. The van der Waals surface area contributed by atoms with E-state index in [2.05, 4.69) is 153 Å². The topological polar surface area (TPSA) is 125 Å². The van der Waals surface area contributed by atoms with E-state index in [1.54, 1.807) is 0 Å². The van der Waals surface area contributed by atoms with Crippen molar-refractivity contribution in [2.75, 3.05) is 40.9 Å². The molecule has 4 N–H and O–H groups in total. The molecule has 440 valence electrons. The number of amides is 1. The van der Waals surface area contributed by atoms with Crippen LogP contribution in [-0.2, 0) is 18.4 Å². The molecule has 0 aromatic carbocycles. The van der Waals surface area contributed by atoms with Gasteiger partial charge in [0.05, 0.1) is 39.9 Å². The fourth-order valence-corrected chi connectivity index (χ4v) is 8.91. The van der Waals surface area contributed by atoms with Crippen LogP contribution in [0.25, 0.3) is 0 Å². The lowest BCUT2D eigenvalue weighted by Gasteiger charge is -2.28. The van der Waals surface area contributed by atoms with E-state index >= 15 is 0 Å². The molecule has 0 saturated heterocycles. The smallest absolute Gasteiger partial charge is 0.390 e. The van der Waals surface area contributed by atoms with E-state index in [0.717, 1.165) is 103 Å². The summed E-state index contributed by atoms with van der Waals surface area (Å²) in [5.41, 5.74) is 0. The highest BCUT2D eigenvalue weighted by molar-refractivity contribution is 7.47. The van der Waals surface area contributed by atoms with Crippen molar-refractivity contribution in [1.29, 1.82) is 0 Å². The highest BCUT2D eigenvalue weighted by Gasteiger charge is 2.31. The molecule has 4 atom stereocenters. The number of unbranched alkanes of at least 4 members (excludes halogenated alkanes) is 18. The SMILES string of the molecule is CC/C=C\C/C=C\C/C=C\C/C=C\C/C=C\C/C=C\C/C=C\C/C=C\C/C=C\C/C=C\CCCCCCCCCCCCC(=O)NC(COP(=O)(O)OCC[N+](C)(C)C)C(O)C(O)CCC/C=C/CCCCCCCCC. The van der Waals surface area contributed by atoms with Crippen LogP contribution >= 0.6 is 7.82 Å². The van der Waals surface area contributed by atoms with Gasteiger partial charge in [0.15, 0.2) is 0 Å². The summed E-state index contributed by atoms with van der Waals surface area (Å²) in [7, 11) is 1.40. The summed E-state index contributed by atoms with van der Waals surface area (Å²) in [6.07, 6.45) is 81.3. The van der Waals surface area contributed by atoms with Crippen LogP contribution in [0.15, 0.2) is 134 Å². The number of nitrogens with one attached hydrogen (secondary N) is 1. The second kappa shape index (κ2) is 55.9. The van der Waals surface area contributed by atoms with Gasteiger partial charge in [-0.2, -0.15) is 0 Å². The molecule has 0 aliphatic heterocycles. The monoisotopic (exact) mass is 1090 g/mol. The average molecular weight is 1090 g/mol. The van der Waals surface area contributed by atoms with Gasteiger partial charge in [0, 0.05) is 6.42 Å². The minimum absolute atomic E-state index is 0.00963. The van der Waals surface area contributed by atoms with Gasteiger partial charge in [-0.25, -0.2) is 4.57 Å². The first-order valence-corrected chi connectivity index (χ1v) is 32.1. The Kier molecular flexibility index (Phi) is 53.4. The van der Waals surface area contributed by atoms with Crippen molar-refractivity contribution in [3.8, 4) is 0 Å². The molecule has 0 aromatic heterocycles. The predicted octanol–water partition coefficient (Wildman–Crippen LogP) is 18.1. The van der Waals surface area contributed by atoms with Gasteiger partial charge in [0.25, 0.3) is 0 Å². The van der Waals surface area contributed by atoms with Gasteiger partial charge in [0.2, 0.25) is 5.91 Å². The van der Waals surface area contributed by atoms with E-state index in [0.29, 0.717) is 30.3 Å². The Balaban J connectivity index is 4.14. The quantitative estimate of drug-likeness (QED) is 0.0207. The van der Waals surface area contributed by atoms with E-state index in [4.69, 9.17) is 9.05 Å². The molecule has 0 rings (SSSR count). The minimum Gasteiger partial charge on any atom is -0.390 e. The Morgan fingerprint density at radius 1 is 0.468 bits per heavy atom. The summed E-state index contributed by atoms with van der Waals surface area (Å²) in [6, 6.07) is -1.06. The molecular weight excluding hydrogens is 976 g/mol. The van der Waals surface area contributed by atoms with Gasteiger partial charge >= 0.3 is 7.82 Å². The average Bonchev–Trinajstić information content (AvgIpc) is 3.39. The summed E-state index contributed by atoms with van der Waals surface area (Å²) in [5.74, 6) is -0.278. The van der Waals surface area contributed by atoms with Crippen LogP contribution in [0.3, 0.4) is 0 Å². The Bertz CT molecular complexity index is 1730. The first kappa shape index (κ1) is 73.6. The Labute approximate surface area is 473 Å². The molecule has 9 nitrogen and oxygen atoms in total. The van der Waals surface area contributed by atoms with Crippen LogP contribution in [0, 0.1) is 0 Å². The van der Waals surface area contributed by atoms with E-state index < -0.39 is 32.7 Å². The van der Waals surface area contributed by atoms with Crippen molar-refractivity contribution in [2.24, 2.45) is 0 Å². The molecule has 0 spiro atoms. The summed E-state index contributed by atoms with van der Waals surface area (Å²) in [5, 5.41) is 24.8. The molecule has 0 heterocycles. The molecule has 0 aliphatic rings. The summed E-state index contributed by atoms with van der Waals surface area (Å²) in [4.78, 5) is 23.3. The van der Waals surface area contributed by atoms with Gasteiger partial charge in [-0.05, 0) is 116 Å². The van der Waals surface area contributed by atoms with Crippen LogP contribution < -0.4 is 5.32 Å². The van der Waals surface area contributed by atoms with Crippen LogP contribution in [0.4, 0.5) is 0 Å². The minimum atomic E-state index is -4.44. The van der Waals surface area contributed by atoms with Crippen molar-refractivity contribution in [2.45, 2.75) is 244 Å². The van der Waals surface area contributed by atoms with E-state index in [-0.39, 0.29) is 18.9 Å². The third-order valence-corrected chi connectivity index (χ3v) is 14.0. The standard InChI is InChI=1S/C67H115N2O7P/c1-6-8-10-12-14-16-18-20-21-22-23-24-25-26-27-28-29-30-31-32-33-34-35-36-37-38-39-40-41-42-43-44-45-46-47-48-50-52-54-56-58-60-66(71)68-64(63-76-77(73,74)75-62-61-69(3,4)5)67(72)65(70)59-57-55-53-51-49-19-17-15-13-11-9-7-2/h8,10,14,16,20-21,23-24,26-27,29-30,32-33,35-36,38-39,41-42,51,53,64-65,67,70,72H,6-7,9,11-13,15,17-19,22,25,28,31,34,37,40,43-50,52,54-63H2,1-5H3,(H-,68,71,73,74)/p+1/b10-8-,16-14-,21-20-,24-23-,27-26-,30-29-,33-32-,36-35-,39-38-,42-41-,53-51+. The van der Waals surface area contributed by atoms with Crippen molar-refractivity contribution in [3.05, 3.63) is 134 Å². The molecule has 0 fully saturated rings. The first-order valence-electron chi connectivity index (χ1n) is 30.6. The number of aliphatic hydroxyl groups excluding tert-OH is 2. The number of aliphatic hydroxyl groups is 2. The number of carbonyl (C=O) groups excluding carboxylic acids is 1. The Hall–Kier alpha value is -3.40. The molecule has 77 heavy (non-hydrogen) atoms. The lowest BCUT2D eigenvalue weighted by molar-refractivity contribution is -0.870. The maximum Gasteiger partial charge on any atom is 0.472 e. The molecule has 0 saturated carbocycles. The Morgan fingerprint density at radius 3 is 1.19 bits per heavy atom.